The number of hydrogen-bond donors (Lipinski definition) is 0. The molecule has 1 unspecified atom stereocenters. The van der Waals surface area contributed by atoms with Crippen LogP contribution in [0, 0.1) is 5.92 Å². The summed E-state index contributed by atoms with van der Waals surface area (Å²) in [5, 5.41) is 0. The maximum absolute atomic E-state index is 5.21. The Kier molecular flexibility index (Phi) is 4.51. The van der Waals surface area contributed by atoms with Crippen LogP contribution in [0.4, 0.5) is 0 Å². The molecule has 0 amide bonds. The molecule has 3 rings (SSSR count). The van der Waals surface area contributed by atoms with Gasteiger partial charge in [-0.1, -0.05) is 18.2 Å². The molecule has 0 bridgehead atoms. The molecule has 2 heterocycles. The van der Waals surface area contributed by atoms with E-state index in [1.807, 2.05) is 18.5 Å². The van der Waals surface area contributed by atoms with Gasteiger partial charge in [0.15, 0.2) is 0 Å². The zero-order chi connectivity index (χ0) is 14.5. The Hall–Kier alpha value is -1.87. The fourth-order valence-corrected chi connectivity index (χ4v) is 3.07. The lowest BCUT2D eigenvalue weighted by Crippen LogP contribution is -2.20. The Morgan fingerprint density at radius 1 is 1.19 bits per heavy atom. The van der Waals surface area contributed by atoms with Gasteiger partial charge in [-0.05, 0) is 54.6 Å². The number of nitrogens with zero attached hydrogens (tertiary/aromatic N) is 2. The molecule has 2 aromatic rings. The molecule has 1 aliphatic rings. The minimum Gasteiger partial charge on any atom is -0.497 e. The predicted octanol–water partition coefficient (Wildman–Crippen LogP) is 3.15. The molecule has 110 valence electrons. The van der Waals surface area contributed by atoms with Crippen LogP contribution in [0.2, 0.25) is 0 Å². The van der Waals surface area contributed by atoms with E-state index in [1.54, 1.807) is 7.11 Å². The first-order chi connectivity index (χ1) is 10.3. The van der Waals surface area contributed by atoms with Crippen molar-refractivity contribution in [3.8, 4) is 5.75 Å². The van der Waals surface area contributed by atoms with Gasteiger partial charge in [0.2, 0.25) is 0 Å². The topological polar surface area (TPSA) is 25.4 Å². The van der Waals surface area contributed by atoms with Crippen molar-refractivity contribution in [3.63, 3.8) is 0 Å². The first-order valence-electron chi connectivity index (χ1n) is 7.57. The van der Waals surface area contributed by atoms with E-state index >= 15 is 0 Å². The molecular formula is C18H22N2O. The molecule has 0 N–H and O–H groups in total. The molecule has 0 saturated carbocycles. The highest BCUT2D eigenvalue weighted by Crippen LogP contribution is 2.23. The standard InChI is InChI=1S/C18H22N2O/c1-21-18-6-4-15(5-7-18)11-16-8-10-20(13-16)14-17-3-2-9-19-12-17/h2-7,9,12,16H,8,10-11,13-14H2,1H3. The van der Waals surface area contributed by atoms with Crippen molar-refractivity contribution in [1.82, 2.24) is 9.88 Å². The maximum Gasteiger partial charge on any atom is 0.118 e. The van der Waals surface area contributed by atoms with E-state index in [9.17, 15) is 0 Å². The van der Waals surface area contributed by atoms with Gasteiger partial charge in [-0.2, -0.15) is 0 Å². The van der Waals surface area contributed by atoms with Gasteiger partial charge in [-0.15, -0.1) is 0 Å². The third kappa shape index (κ3) is 3.82. The van der Waals surface area contributed by atoms with Crippen LogP contribution in [-0.2, 0) is 13.0 Å². The minimum atomic E-state index is 0.759. The largest absolute Gasteiger partial charge is 0.497 e. The number of aromatic nitrogens is 1. The summed E-state index contributed by atoms with van der Waals surface area (Å²) in [7, 11) is 1.71. The first kappa shape index (κ1) is 14.1. The van der Waals surface area contributed by atoms with Crippen molar-refractivity contribution in [2.45, 2.75) is 19.4 Å². The summed E-state index contributed by atoms with van der Waals surface area (Å²) in [6.45, 7) is 3.39. The Bertz CT molecular complexity index is 553. The Balaban J connectivity index is 1.52. The van der Waals surface area contributed by atoms with Gasteiger partial charge in [0.05, 0.1) is 7.11 Å². The molecule has 1 atom stereocenters. The van der Waals surface area contributed by atoms with Crippen LogP contribution in [0.15, 0.2) is 48.8 Å². The second-order valence-electron chi connectivity index (χ2n) is 5.80. The summed E-state index contributed by atoms with van der Waals surface area (Å²) in [5.74, 6) is 1.69. The number of methoxy groups -OCH3 is 1. The second-order valence-corrected chi connectivity index (χ2v) is 5.80. The van der Waals surface area contributed by atoms with Gasteiger partial charge in [0, 0.05) is 25.5 Å². The normalized spacial score (nSPS) is 18.8. The number of pyridine rings is 1. The van der Waals surface area contributed by atoms with Crippen molar-refractivity contribution in [1.29, 1.82) is 0 Å². The summed E-state index contributed by atoms with van der Waals surface area (Å²) in [4.78, 5) is 6.72. The zero-order valence-corrected chi connectivity index (χ0v) is 12.5. The van der Waals surface area contributed by atoms with E-state index in [1.165, 1.54) is 30.6 Å². The average molecular weight is 282 g/mol. The summed E-state index contributed by atoms with van der Waals surface area (Å²) in [5.41, 5.74) is 2.71. The summed E-state index contributed by atoms with van der Waals surface area (Å²) in [6.07, 6.45) is 6.25. The Labute approximate surface area is 126 Å². The summed E-state index contributed by atoms with van der Waals surface area (Å²) < 4.78 is 5.21. The van der Waals surface area contributed by atoms with E-state index in [-0.39, 0.29) is 0 Å². The van der Waals surface area contributed by atoms with Crippen molar-refractivity contribution in [2.24, 2.45) is 5.92 Å². The summed E-state index contributed by atoms with van der Waals surface area (Å²) in [6, 6.07) is 12.6. The number of benzene rings is 1. The SMILES string of the molecule is COc1ccc(CC2CCN(Cc3cccnc3)C2)cc1. The minimum absolute atomic E-state index is 0.759. The van der Waals surface area contributed by atoms with Gasteiger partial charge in [-0.25, -0.2) is 0 Å². The van der Waals surface area contributed by atoms with E-state index in [2.05, 4.69) is 40.2 Å². The maximum atomic E-state index is 5.21. The molecule has 1 aromatic heterocycles. The van der Waals surface area contributed by atoms with Gasteiger partial charge in [-0.3, -0.25) is 9.88 Å². The number of hydrogen-bond acceptors (Lipinski definition) is 3. The van der Waals surface area contributed by atoms with Gasteiger partial charge in [0.1, 0.15) is 5.75 Å². The number of likely N-dealkylation sites (tertiary alicyclic amines) is 1. The van der Waals surface area contributed by atoms with Crippen molar-refractivity contribution >= 4 is 0 Å². The molecule has 0 radical (unpaired) electrons. The lowest BCUT2D eigenvalue weighted by atomic mass is 9.99. The predicted molar refractivity (Wildman–Crippen MR) is 84.3 cm³/mol. The van der Waals surface area contributed by atoms with E-state index < -0.39 is 0 Å². The molecule has 3 nitrogen and oxygen atoms in total. The van der Waals surface area contributed by atoms with E-state index in [0.29, 0.717) is 0 Å². The first-order valence-corrected chi connectivity index (χ1v) is 7.57. The Morgan fingerprint density at radius 2 is 2.05 bits per heavy atom. The van der Waals surface area contributed by atoms with Crippen LogP contribution < -0.4 is 4.74 Å². The zero-order valence-electron chi connectivity index (χ0n) is 12.5. The van der Waals surface area contributed by atoms with Gasteiger partial charge >= 0.3 is 0 Å². The van der Waals surface area contributed by atoms with Crippen LogP contribution >= 0.6 is 0 Å². The van der Waals surface area contributed by atoms with Crippen molar-refractivity contribution < 1.29 is 4.74 Å². The van der Waals surface area contributed by atoms with Gasteiger partial charge < -0.3 is 4.74 Å². The summed E-state index contributed by atoms with van der Waals surface area (Å²) >= 11 is 0. The van der Waals surface area contributed by atoms with Crippen LogP contribution in [0.5, 0.6) is 5.75 Å². The molecule has 21 heavy (non-hydrogen) atoms. The number of ether oxygens (including phenoxy) is 1. The molecule has 0 spiro atoms. The second kappa shape index (κ2) is 6.72. The molecule has 3 heteroatoms. The van der Waals surface area contributed by atoms with Crippen LogP contribution in [0.1, 0.15) is 17.5 Å². The molecule has 1 aromatic carbocycles. The highest BCUT2D eigenvalue weighted by atomic mass is 16.5. The molecule has 1 saturated heterocycles. The third-order valence-corrected chi connectivity index (χ3v) is 4.18. The van der Waals surface area contributed by atoms with Crippen LogP contribution in [0.25, 0.3) is 0 Å². The Morgan fingerprint density at radius 3 is 2.76 bits per heavy atom. The van der Waals surface area contributed by atoms with Crippen molar-refractivity contribution in [3.05, 3.63) is 59.9 Å². The van der Waals surface area contributed by atoms with Crippen LogP contribution in [0.3, 0.4) is 0 Å². The third-order valence-electron chi connectivity index (χ3n) is 4.18. The molecule has 0 aliphatic carbocycles. The average Bonchev–Trinajstić information content (AvgIpc) is 2.96. The van der Waals surface area contributed by atoms with Gasteiger partial charge in [0.25, 0.3) is 0 Å². The number of rotatable bonds is 5. The highest BCUT2D eigenvalue weighted by molar-refractivity contribution is 5.27. The monoisotopic (exact) mass is 282 g/mol. The van der Waals surface area contributed by atoms with Crippen molar-refractivity contribution in [2.75, 3.05) is 20.2 Å². The smallest absolute Gasteiger partial charge is 0.118 e. The molecule has 1 aliphatic heterocycles. The van der Waals surface area contributed by atoms with E-state index in [4.69, 9.17) is 4.74 Å². The molecule has 1 fully saturated rings. The van der Waals surface area contributed by atoms with Crippen LogP contribution in [-0.4, -0.2) is 30.1 Å². The lowest BCUT2D eigenvalue weighted by molar-refractivity contribution is 0.316. The van der Waals surface area contributed by atoms with E-state index in [0.717, 1.165) is 24.6 Å². The lowest BCUT2D eigenvalue weighted by Gasteiger charge is -2.16. The highest BCUT2D eigenvalue weighted by Gasteiger charge is 2.22. The fourth-order valence-electron chi connectivity index (χ4n) is 3.07. The quantitative estimate of drug-likeness (QED) is 0.842. The molecular weight excluding hydrogens is 260 g/mol. The fraction of sp³-hybridized carbons (Fsp3) is 0.389.